The molecule has 1 unspecified atom stereocenters. The Bertz CT molecular complexity index is 728. The molecule has 1 atom stereocenters. The third-order valence-electron chi connectivity index (χ3n) is 4.49. The lowest BCUT2D eigenvalue weighted by molar-refractivity contribution is -0.117. The zero-order valence-corrected chi connectivity index (χ0v) is 13.8. The first-order chi connectivity index (χ1) is 11.1. The van der Waals surface area contributed by atoms with E-state index < -0.39 is 0 Å². The lowest BCUT2D eigenvalue weighted by Crippen LogP contribution is -2.24. The molecule has 3 rings (SSSR count). The van der Waals surface area contributed by atoms with Gasteiger partial charge in [0.05, 0.1) is 6.04 Å². The SMILES string of the molecule is Cc1ccc(/C=C/C(=O)NC(C)c2ccc3c(c2)CCC3)cc1. The van der Waals surface area contributed by atoms with Crippen molar-refractivity contribution in [2.24, 2.45) is 0 Å². The number of carbonyl (C=O) groups is 1. The Morgan fingerprint density at radius 3 is 2.61 bits per heavy atom. The highest BCUT2D eigenvalue weighted by molar-refractivity contribution is 5.91. The third kappa shape index (κ3) is 3.89. The van der Waals surface area contributed by atoms with Crippen LogP contribution < -0.4 is 5.32 Å². The van der Waals surface area contributed by atoms with Crippen molar-refractivity contribution in [1.82, 2.24) is 5.32 Å². The van der Waals surface area contributed by atoms with E-state index in [1.54, 1.807) is 6.08 Å². The molecule has 118 valence electrons. The van der Waals surface area contributed by atoms with E-state index >= 15 is 0 Å². The van der Waals surface area contributed by atoms with E-state index in [1.807, 2.05) is 37.3 Å². The molecule has 0 fully saturated rings. The maximum absolute atomic E-state index is 12.1. The highest BCUT2D eigenvalue weighted by atomic mass is 16.1. The molecule has 0 bridgehead atoms. The molecule has 23 heavy (non-hydrogen) atoms. The summed E-state index contributed by atoms with van der Waals surface area (Å²) in [6, 6.07) is 14.7. The van der Waals surface area contributed by atoms with Crippen LogP contribution in [0.1, 0.15) is 47.2 Å². The predicted molar refractivity (Wildman–Crippen MR) is 95.2 cm³/mol. The summed E-state index contributed by atoms with van der Waals surface area (Å²) in [6.07, 6.45) is 7.06. The minimum atomic E-state index is -0.0569. The van der Waals surface area contributed by atoms with Gasteiger partial charge in [-0.3, -0.25) is 4.79 Å². The zero-order valence-electron chi connectivity index (χ0n) is 13.8. The second-order valence-electron chi connectivity index (χ2n) is 6.36. The zero-order chi connectivity index (χ0) is 16.2. The Morgan fingerprint density at radius 2 is 1.83 bits per heavy atom. The molecule has 0 saturated carbocycles. The number of aryl methyl sites for hydroxylation is 3. The van der Waals surface area contributed by atoms with Gasteiger partial charge in [0.25, 0.3) is 0 Å². The van der Waals surface area contributed by atoms with Gasteiger partial charge >= 0.3 is 0 Å². The van der Waals surface area contributed by atoms with Crippen molar-refractivity contribution >= 4 is 12.0 Å². The number of benzene rings is 2. The molecule has 0 spiro atoms. The van der Waals surface area contributed by atoms with Gasteiger partial charge in [0, 0.05) is 6.08 Å². The van der Waals surface area contributed by atoms with Crippen LogP contribution in [0.4, 0.5) is 0 Å². The normalized spacial score (nSPS) is 14.7. The molecular weight excluding hydrogens is 282 g/mol. The van der Waals surface area contributed by atoms with Gasteiger partial charge in [-0.2, -0.15) is 0 Å². The van der Waals surface area contributed by atoms with Crippen molar-refractivity contribution in [2.45, 2.75) is 39.2 Å². The first-order valence-electron chi connectivity index (χ1n) is 8.29. The fourth-order valence-electron chi connectivity index (χ4n) is 3.06. The molecule has 0 aliphatic heterocycles. The summed E-state index contributed by atoms with van der Waals surface area (Å²) in [6.45, 7) is 4.09. The van der Waals surface area contributed by atoms with E-state index in [0.29, 0.717) is 0 Å². The molecule has 0 radical (unpaired) electrons. The average Bonchev–Trinajstić information content (AvgIpc) is 3.02. The molecule has 1 N–H and O–H groups in total. The fourth-order valence-corrected chi connectivity index (χ4v) is 3.06. The lowest BCUT2D eigenvalue weighted by Gasteiger charge is -2.14. The van der Waals surface area contributed by atoms with Gasteiger partial charge in [-0.15, -0.1) is 0 Å². The van der Waals surface area contributed by atoms with Crippen LogP contribution in [0.3, 0.4) is 0 Å². The van der Waals surface area contributed by atoms with Crippen molar-refractivity contribution in [3.63, 3.8) is 0 Å². The highest BCUT2D eigenvalue weighted by Crippen LogP contribution is 2.25. The molecule has 1 aliphatic carbocycles. The molecule has 2 nitrogen and oxygen atoms in total. The first kappa shape index (κ1) is 15.5. The van der Waals surface area contributed by atoms with Gasteiger partial charge in [0.15, 0.2) is 0 Å². The topological polar surface area (TPSA) is 29.1 Å². The minimum absolute atomic E-state index is 0.0241. The molecule has 1 amide bonds. The molecule has 1 aliphatic rings. The maximum Gasteiger partial charge on any atom is 0.244 e. The average molecular weight is 305 g/mol. The van der Waals surface area contributed by atoms with Gasteiger partial charge in [-0.05, 0) is 61.4 Å². The Hall–Kier alpha value is -2.35. The van der Waals surface area contributed by atoms with Crippen LogP contribution in [-0.2, 0) is 17.6 Å². The summed E-state index contributed by atoms with van der Waals surface area (Å²) in [5.74, 6) is -0.0569. The van der Waals surface area contributed by atoms with E-state index in [2.05, 4.69) is 30.4 Å². The van der Waals surface area contributed by atoms with Crippen LogP contribution >= 0.6 is 0 Å². The summed E-state index contributed by atoms with van der Waals surface area (Å²) in [5.41, 5.74) is 6.35. The van der Waals surface area contributed by atoms with Crippen molar-refractivity contribution in [3.8, 4) is 0 Å². The second kappa shape index (κ2) is 6.82. The Balaban J connectivity index is 1.62. The van der Waals surface area contributed by atoms with Crippen LogP contribution in [0.5, 0.6) is 0 Å². The standard InChI is InChI=1S/C21H23NO/c1-15-6-8-17(9-7-15)10-13-21(23)22-16(2)19-12-11-18-4-3-5-20(18)14-19/h6-14,16H,3-5H2,1-2H3,(H,22,23)/b13-10+. The van der Waals surface area contributed by atoms with Gasteiger partial charge in [0.2, 0.25) is 5.91 Å². The Kier molecular flexibility index (Phi) is 4.61. The van der Waals surface area contributed by atoms with Crippen LogP contribution in [0, 0.1) is 6.92 Å². The molecule has 0 saturated heterocycles. The predicted octanol–water partition coefficient (Wildman–Crippen LogP) is 4.37. The first-order valence-corrected chi connectivity index (χ1v) is 8.29. The number of nitrogens with one attached hydrogen (secondary N) is 1. The summed E-state index contributed by atoms with van der Waals surface area (Å²) >= 11 is 0. The van der Waals surface area contributed by atoms with Crippen molar-refractivity contribution in [2.75, 3.05) is 0 Å². The summed E-state index contributed by atoms with van der Waals surface area (Å²) in [7, 11) is 0. The van der Waals surface area contributed by atoms with Crippen LogP contribution in [0.15, 0.2) is 48.5 Å². The van der Waals surface area contributed by atoms with E-state index in [0.717, 1.165) is 12.0 Å². The number of hydrogen-bond acceptors (Lipinski definition) is 1. The third-order valence-corrected chi connectivity index (χ3v) is 4.49. The number of carbonyl (C=O) groups excluding carboxylic acids is 1. The minimum Gasteiger partial charge on any atom is -0.346 e. The lowest BCUT2D eigenvalue weighted by atomic mass is 10.0. The van der Waals surface area contributed by atoms with Crippen LogP contribution in [-0.4, -0.2) is 5.91 Å². The molecule has 2 aromatic rings. The smallest absolute Gasteiger partial charge is 0.244 e. The van der Waals surface area contributed by atoms with E-state index in [9.17, 15) is 4.79 Å². The van der Waals surface area contributed by atoms with Crippen LogP contribution in [0.25, 0.3) is 6.08 Å². The van der Waals surface area contributed by atoms with Gasteiger partial charge in [-0.1, -0.05) is 48.0 Å². The fraction of sp³-hybridized carbons (Fsp3) is 0.286. The number of fused-ring (bicyclic) bond motifs is 1. The maximum atomic E-state index is 12.1. The van der Waals surface area contributed by atoms with Gasteiger partial charge in [-0.25, -0.2) is 0 Å². The molecule has 2 aromatic carbocycles. The molecular formula is C21H23NO. The van der Waals surface area contributed by atoms with E-state index in [-0.39, 0.29) is 11.9 Å². The van der Waals surface area contributed by atoms with Crippen molar-refractivity contribution < 1.29 is 4.79 Å². The van der Waals surface area contributed by atoms with E-state index in [4.69, 9.17) is 0 Å². The molecule has 0 aromatic heterocycles. The van der Waals surface area contributed by atoms with Crippen LogP contribution in [0.2, 0.25) is 0 Å². The van der Waals surface area contributed by atoms with Crippen molar-refractivity contribution in [3.05, 3.63) is 76.4 Å². The Morgan fingerprint density at radius 1 is 1.09 bits per heavy atom. The summed E-state index contributed by atoms with van der Waals surface area (Å²) < 4.78 is 0. The molecule has 2 heteroatoms. The summed E-state index contributed by atoms with van der Waals surface area (Å²) in [5, 5.41) is 3.04. The highest BCUT2D eigenvalue weighted by Gasteiger charge is 2.14. The van der Waals surface area contributed by atoms with E-state index in [1.165, 1.54) is 35.1 Å². The second-order valence-corrected chi connectivity index (χ2v) is 6.36. The Labute approximate surface area is 138 Å². The quantitative estimate of drug-likeness (QED) is 0.835. The summed E-state index contributed by atoms with van der Waals surface area (Å²) in [4.78, 5) is 12.1. The molecule has 0 heterocycles. The van der Waals surface area contributed by atoms with Gasteiger partial charge in [0.1, 0.15) is 0 Å². The monoisotopic (exact) mass is 305 g/mol. The van der Waals surface area contributed by atoms with Gasteiger partial charge < -0.3 is 5.32 Å². The number of hydrogen-bond donors (Lipinski definition) is 1. The largest absolute Gasteiger partial charge is 0.346 e. The van der Waals surface area contributed by atoms with Crippen molar-refractivity contribution in [1.29, 1.82) is 0 Å². The number of rotatable bonds is 4. The number of amides is 1.